The SMILES string of the molecule is COc1ccc(OC)c(-n2nnnc2SC(C)C(=O)N2CCCC2)c1. The first-order valence-electron chi connectivity index (χ1n) is 8.10. The number of nitrogens with zero attached hydrogens (tertiary/aromatic N) is 5. The normalized spacial score (nSPS) is 15.2. The fourth-order valence-corrected chi connectivity index (χ4v) is 3.65. The predicted octanol–water partition coefficient (Wildman–Crippen LogP) is 1.78. The van der Waals surface area contributed by atoms with Crippen LogP contribution in [0.2, 0.25) is 0 Å². The van der Waals surface area contributed by atoms with Crippen LogP contribution in [-0.4, -0.2) is 63.6 Å². The summed E-state index contributed by atoms with van der Waals surface area (Å²) in [6, 6.07) is 5.40. The Morgan fingerprint density at radius 3 is 2.68 bits per heavy atom. The minimum Gasteiger partial charge on any atom is -0.497 e. The van der Waals surface area contributed by atoms with E-state index in [-0.39, 0.29) is 11.2 Å². The van der Waals surface area contributed by atoms with Crippen molar-refractivity contribution in [1.29, 1.82) is 0 Å². The maximum absolute atomic E-state index is 12.5. The summed E-state index contributed by atoms with van der Waals surface area (Å²) >= 11 is 1.34. The minimum absolute atomic E-state index is 0.120. The standard InChI is InChI=1S/C16H21N5O3S/c1-11(15(22)20-8-4-5-9-20)25-16-17-18-19-21(16)13-10-12(23-2)6-7-14(13)24-3/h6-7,10-11H,4-5,8-9H2,1-3H3. The Hall–Kier alpha value is -2.29. The molecular formula is C16H21N5O3S. The van der Waals surface area contributed by atoms with Crippen LogP contribution in [0.1, 0.15) is 19.8 Å². The monoisotopic (exact) mass is 363 g/mol. The summed E-state index contributed by atoms with van der Waals surface area (Å²) in [5.74, 6) is 1.41. The van der Waals surface area contributed by atoms with Crippen molar-refractivity contribution in [1.82, 2.24) is 25.1 Å². The molecule has 1 saturated heterocycles. The molecule has 0 radical (unpaired) electrons. The molecule has 0 N–H and O–H groups in total. The number of carbonyl (C=O) groups excluding carboxylic acids is 1. The smallest absolute Gasteiger partial charge is 0.235 e. The Labute approximate surface area is 150 Å². The van der Waals surface area contributed by atoms with E-state index in [1.807, 2.05) is 11.8 Å². The Kier molecular flexibility index (Phi) is 5.42. The largest absolute Gasteiger partial charge is 0.497 e. The molecule has 0 bridgehead atoms. The van der Waals surface area contributed by atoms with Gasteiger partial charge in [0.2, 0.25) is 11.1 Å². The van der Waals surface area contributed by atoms with Gasteiger partial charge in [0.1, 0.15) is 17.2 Å². The van der Waals surface area contributed by atoms with E-state index in [2.05, 4.69) is 15.5 Å². The van der Waals surface area contributed by atoms with Crippen LogP contribution in [0.15, 0.2) is 23.4 Å². The number of thioether (sulfide) groups is 1. The average Bonchev–Trinajstić information content (AvgIpc) is 3.32. The van der Waals surface area contributed by atoms with Crippen LogP contribution >= 0.6 is 11.8 Å². The van der Waals surface area contributed by atoms with Gasteiger partial charge in [-0.25, -0.2) is 0 Å². The van der Waals surface area contributed by atoms with Crippen LogP contribution in [0.3, 0.4) is 0 Å². The Bertz CT molecular complexity index is 745. The van der Waals surface area contributed by atoms with Crippen molar-refractivity contribution in [3.63, 3.8) is 0 Å². The van der Waals surface area contributed by atoms with Crippen molar-refractivity contribution in [2.24, 2.45) is 0 Å². The molecule has 1 unspecified atom stereocenters. The van der Waals surface area contributed by atoms with Gasteiger partial charge in [0.15, 0.2) is 0 Å². The molecule has 134 valence electrons. The van der Waals surface area contributed by atoms with Crippen LogP contribution in [0.4, 0.5) is 0 Å². The van der Waals surface area contributed by atoms with Gasteiger partial charge in [-0.05, 0) is 42.3 Å². The number of likely N-dealkylation sites (tertiary alicyclic amines) is 1. The molecule has 0 spiro atoms. The van der Waals surface area contributed by atoms with E-state index < -0.39 is 0 Å². The van der Waals surface area contributed by atoms with E-state index in [4.69, 9.17) is 9.47 Å². The number of ether oxygens (including phenoxy) is 2. The highest BCUT2D eigenvalue weighted by Gasteiger charge is 2.26. The summed E-state index contributed by atoms with van der Waals surface area (Å²) in [6.45, 7) is 3.55. The van der Waals surface area contributed by atoms with Gasteiger partial charge in [-0.3, -0.25) is 4.79 Å². The number of methoxy groups -OCH3 is 2. The van der Waals surface area contributed by atoms with Crippen LogP contribution in [0, 0.1) is 0 Å². The lowest BCUT2D eigenvalue weighted by Crippen LogP contribution is -2.34. The summed E-state index contributed by atoms with van der Waals surface area (Å²) in [4.78, 5) is 14.4. The van der Waals surface area contributed by atoms with Gasteiger partial charge in [-0.1, -0.05) is 11.8 Å². The third-order valence-corrected chi connectivity index (χ3v) is 5.12. The molecule has 8 nitrogen and oxygen atoms in total. The molecule has 0 aliphatic carbocycles. The van der Waals surface area contributed by atoms with Gasteiger partial charge < -0.3 is 14.4 Å². The van der Waals surface area contributed by atoms with E-state index in [0.29, 0.717) is 22.3 Å². The number of hydrogen-bond acceptors (Lipinski definition) is 7. The molecule has 25 heavy (non-hydrogen) atoms. The number of hydrogen-bond donors (Lipinski definition) is 0. The summed E-state index contributed by atoms with van der Waals surface area (Å²) in [5.41, 5.74) is 0.662. The van der Waals surface area contributed by atoms with Gasteiger partial charge in [0.05, 0.1) is 19.5 Å². The molecule has 2 aromatic rings. The predicted molar refractivity (Wildman–Crippen MR) is 93.4 cm³/mol. The van der Waals surface area contributed by atoms with Gasteiger partial charge >= 0.3 is 0 Å². The van der Waals surface area contributed by atoms with E-state index >= 15 is 0 Å². The number of benzene rings is 1. The van der Waals surface area contributed by atoms with Crippen molar-refractivity contribution in [2.45, 2.75) is 30.2 Å². The van der Waals surface area contributed by atoms with E-state index in [1.165, 1.54) is 11.8 Å². The first-order valence-corrected chi connectivity index (χ1v) is 8.98. The molecule has 1 aromatic carbocycles. The first kappa shape index (κ1) is 17.5. The molecule has 1 aromatic heterocycles. The van der Waals surface area contributed by atoms with Gasteiger partial charge in [0, 0.05) is 19.2 Å². The van der Waals surface area contributed by atoms with Crippen LogP contribution < -0.4 is 9.47 Å². The maximum Gasteiger partial charge on any atom is 0.235 e. The Morgan fingerprint density at radius 2 is 2.00 bits per heavy atom. The third kappa shape index (κ3) is 3.71. The average molecular weight is 363 g/mol. The quantitative estimate of drug-likeness (QED) is 0.724. The van der Waals surface area contributed by atoms with Crippen LogP contribution in [0.25, 0.3) is 5.69 Å². The third-order valence-electron chi connectivity index (χ3n) is 4.10. The molecule has 1 amide bonds. The van der Waals surface area contributed by atoms with Crippen molar-refractivity contribution >= 4 is 17.7 Å². The van der Waals surface area contributed by atoms with Crippen molar-refractivity contribution in [2.75, 3.05) is 27.3 Å². The molecule has 3 rings (SSSR count). The van der Waals surface area contributed by atoms with Gasteiger partial charge in [0.25, 0.3) is 0 Å². The van der Waals surface area contributed by atoms with E-state index in [0.717, 1.165) is 25.9 Å². The second-order valence-electron chi connectivity index (χ2n) is 5.70. The highest BCUT2D eigenvalue weighted by Crippen LogP contribution is 2.31. The number of tetrazole rings is 1. The van der Waals surface area contributed by atoms with Gasteiger partial charge in [-0.15, -0.1) is 5.10 Å². The van der Waals surface area contributed by atoms with Gasteiger partial charge in [-0.2, -0.15) is 4.68 Å². The molecular weight excluding hydrogens is 342 g/mol. The zero-order chi connectivity index (χ0) is 17.8. The lowest BCUT2D eigenvalue weighted by molar-refractivity contribution is -0.129. The molecule has 0 saturated carbocycles. The van der Waals surface area contributed by atoms with Crippen LogP contribution in [0.5, 0.6) is 11.5 Å². The molecule has 9 heteroatoms. The van der Waals surface area contributed by atoms with E-state index in [1.54, 1.807) is 37.1 Å². The fourth-order valence-electron chi connectivity index (χ4n) is 2.77. The molecule has 2 heterocycles. The number of amides is 1. The van der Waals surface area contributed by atoms with Crippen molar-refractivity contribution < 1.29 is 14.3 Å². The molecule has 1 fully saturated rings. The Morgan fingerprint density at radius 1 is 1.24 bits per heavy atom. The number of rotatable bonds is 6. The maximum atomic E-state index is 12.5. The molecule has 1 atom stereocenters. The highest BCUT2D eigenvalue weighted by atomic mass is 32.2. The number of aromatic nitrogens is 4. The second-order valence-corrected chi connectivity index (χ2v) is 7.01. The molecule has 1 aliphatic heterocycles. The topological polar surface area (TPSA) is 82.4 Å². The summed E-state index contributed by atoms with van der Waals surface area (Å²) in [7, 11) is 3.18. The summed E-state index contributed by atoms with van der Waals surface area (Å²) in [6.07, 6.45) is 2.14. The van der Waals surface area contributed by atoms with Crippen molar-refractivity contribution in [3.8, 4) is 17.2 Å². The van der Waals surface area contributed by atoms with Crippen molar-refractivity contribution in [3.05, 3.63) is 18.2 Å². The molecule has 1 aliphatic rings. The Balaban J connectivity index is 1.84. The minimum atomic E-state index is -0.264. The lowest BCUT2D eigenvalue weighted by Gasteiger charge is -2.19. The first-order chi connectivity index (χ1) is 12.1. The lowest BCUT2D eigenvalue weighted by atomic mass is 10.3. The van der Waals surface area contributed by atoms with E-state index in [9.17, 15) is 4.79 Å². The summed E-state index contributed by atoms with van der Waals surface area (Å²) < 4.78 is 12.2. The second kappa shape index (κ2) is 7.73. The number of carbonyl (C=O) groups is 1. The zero-order valence-electron chi connectivity index (χ0n) is 14.5. The summed E-state index contributed by atoms with van der Waals surface area (Å²) in [5, 5.41) is 12.2. The zero-order valence-corrected chi connectivity index (χ0v) is 15.3. The fraction of sp³-hybridized carbons (Fsp3) is 0.500. The van der Waals surface area contributed by atoms with Crippen LogP contribution in [-0.2, 0) is 4.79 Å². The highest BCUT2D eigenvalue weighted by molar-refractivity contribution is 8.00.